The molecule has 1 N–H and O–H groups in total. The Morgan fingerprint density at radius 3 is 1.36 bits per heavy atom. The summed E-state index contributed by atoms with van der Waals surface area (Å²) in [6, 6.07) is 76.9. The van der Waals surface area contributed by atoms with Crippen LogP contribution in [0.15, 0.2) is 217 Å². The number of nitrogens with zero attached hydrogens (tertiary/aromatic N) is 2. The molecule has 0 spiro atoms. The molecule has 4 heteroatoms. The molecular weight excluding hydrogens is 949 g/mol. The van der Waals surface area contributed by atoms with Gasteiger partial charge in [0, 0.05) is 44.0 Å². The van der Waals surface area contributed by atoms with E-state index in [1.54, 1.807) is 0 Å². The van der Waals surface area contributed by atoms with E-state index in [1.807, 2.05) is 12.1 Å². The largest absolute Gasteiger partial charge is 0.505 e. The lowest BCUT2D eigenvalue weighted by atomic mass is 9.91. The molecule has 0 saturated carbocycles. The zero-order chi connectivity index (χ0) is 53.5. The first-order valence-electron chi connectivity index (χ1n) is 27.4. The summed E-state index contributed by atoms with van der Waals surface area (Å²) < 4.78 is 7.25. The molecule has 0 bridgehead atoms. The molecule has 0 amide bonds. The van der Waals surface area contributed by atoms with Crippen LogP contribution in [-0.4, -0.2) is 5.11 Å². The highest BCUT2D eigenvalue weighted by atomic mass is 16.3. The normalized spacial score (nSPS) is 11.9. The predicted octanol–water partition coefficient (Wildman–Crippen LogP) is 21.6. The van der Waals surface area contributed by atoms with Crippen molar-refractivity contribution < 1.29 is 9.52 Å². The summed E-state index contributed by atoms with van der Waals surface area (Å²) in [6.07, 6.45) is 0. The van der Waals surface area contributed by atoms with Gasteiger partial charge in [-0.05, 0) is 171 Å². The number of phenolic OH excluding ortho intramolecular Hbond substituents is 1. The summed E-state index contributed by atoms with van der Waals surface area (Å²) >= 11 is 0. The smallest absolute Gasteiger partial charge is 0.159 e. The molecule has 0 unspecified atom stereocenters. The van der Waals surface area contributed by atoms with Crippen molar-refractivity contribution in [2.75, 3.05) is 9.80 Å². The van der Waals surface area contributed by atoms with Crippen LogP contribution in [0.4, 0.5) is 34.1 Å². The third kappa shape index (κ3) is 7.97. The molecule has 1 aromatic heterocycles. The molecule has 0 aliphatic carbocycles. The second kappa shape index (κ2) is 19.2. The number of hydrogen-bond donors (Lipinski definition) is 1. The van der Waals surface area contributed by atoms with E-state index in [4.69, 9.17) is 4.42 Å². The summed E-state index contributed by atoms with van der Waals surface area (Å²) in [7, 11) is 0. The third-order valence-electron chi connectivity index (χ3n) is 16.4. The molecule has 13 aromatic rings. The first-order chi connectivity index (χ1) is 37.9. The van der Waals surface area contributed by atoms with Gasteiger partial charge in [-0.25, -0.2) is 0 Å². The van der Waals surface area contributed by atoms with E-state index in [0.29, 0.717) is 17.5 Å². The van der Waals surface area contributed by atoms with Crippen molar-refractivity contribution in [2.45, 2.75) is 67.2 Å². The van der Waals surface area contributed by atoms with Crippen molar-refractivity contribution in [1.82, 2.24) is 0 Å². The molecule has 1 heterocycles. The van der Waals surface area contributed by atoms with Crippen molar-refractivity contribution in [1.29, 1.82) is 0 Å². The molecule has 0 fully saturated rings. The summed E-state index contributed by atoms with van der Waals surface area (Å²) in [5.74, 6) is 0.969. The van der Waals surface area contributed by atoms with Gasteiger partial charge in [0.2, 0.25) is 0 Å². The quantitative estimate of drug-likeness (QED) is 0.131. The van der Waals surface area contributed by atoms with Gasteiger partial charge in [-0.1, -0.05) is 185 Å². The Bertz CT molecular complexity index is 4400. The van der Waals surface area contributed by atoms with E-state index in [9.17, 15) is 5.11 Å². The summed E-state index contributed by atoms with van der Waals surface area (Å²) in [5, 5.41) is 21.8. The minimum absolute atomic E-state index is 0.220. The van der Waals surface area contributed by atoms with Gasteiger partial charge < -0.3 is 19.3 Å². The highest BCUT2D eigenvalue weighted by Crippen LogP contribution is 2.52. The van der Waals surface area contributed by atoms with Crippen molar-refractivity contribution in [2.24, 2.45) is 0 Å². The van der Waals surface area contributed by atoms with Crippen molar-refractivity contribution in [3.05, 3.63) is 246 Å². The first-order valence-corrected chi connectivity index (χ1v) is 27.4. The van der Waals surface area contributed by atoms with Crippen molar-refractivity contribution in [3.63, 3.8) is 0 Å². The molecule has 4 nitrogen and oxygen atoms in total. The van der Waals surface area contributed by atoms with E-state index in [0.717, 1.165) is 94.2 Å². The van der Waals surface area contributed by atoms with Gasteiger partial charge in [-0.3, -0.25) is 0 Å². The van der Waals surface area contributed by atoms with Crippen molar-refractivity contribution >= 4 is 88.4 Å². The summed E-state index contributed by atoms with van der Waals surface area (Å²) in [4.78, 5) is 4.66. The first kappa shape index (κ1) is 48.5. The fourth-order valence-corrected chi connectivity index (χ4v) is 12.5. The SMILES string of the molecule is Cc1cccc(C)c1-c1cccc(-c2cccc(N(c3ccc(C(C)C)cc3)c3ccc4ccc5c(N(c6ccc(C(C)C)cc6)c6cccc7c6oc6c(-c8c(C)cccc8C)cccc67)ccc6ccc3c4c65)c2O)c1. The van der Waals surface area contributed by atoms with Gasteiger partial charge in [0.1, 0.15) is 11.3 Å². The van der Waals surface area contributed by atoms with E-state index >= 15 is 0 Å². The van der Waals surface area contributed by atoms with Crippen LogP contribution in [0.1, 0.15) is 72.9 Å². The van der Waals surface area contributed by atoms with Crippen LogP contribution in [-0.2, 0) is 0 Å². The number of hydrogen-bond acceptors (Lipinski definition) is 4. The Kier molecular flexibility index (Phi) is 11.9. The molecule has 13 rings (SSSR count). The van der Waals surface area contributed by atoms with Gasteiger partial charge in [-0.15, -0.1) is 0 Å². The second-order valence-corrected chi connectivity index (χ2v) is 22.0. The lowest BCUT2D eigenvalue weighted by molar-refractivity contribution is 0.478. The van der Waals surface area contributed by atoms with Crippen LogP contribution in [0.25, 0.3) is 87.6 Å². The molecule has 78 heavy (non-hydrogen) atoms. The Morgan fingerprint density at radius 2 is 0.795 bits per heavy atom. The number of benzene rings is 12. The van der Waals surface area contributed by atoms with Crippen LogP contribution >= 0.6 is 0 Å². The predicted molar refractivity (Wildman–Crippen MR) is 332 cm³/mol. The highest BCUT2D eigenvalue weighted by molar-refractivity contribution is 6.28. The van der Waals surface area contributed by atoms with Crippen LogP contribution in [0.5, 0.6) is 5.75 Å². The van der Waals surface area contributed by atoms with Gasteiger partial charge in [0.15, 0.2) is 5.58 Å². The lowest BCUT2D eigenvalue weighted by Gasteiger charge is -2.30. The lowest BCUT2D eigenvalue weighted by Crippen LogP contribution is -2.12. The molecular formula is C74H62N2O2. The molecule has 0 saturated heterocycles. The molecule has 0 aliphatic rings. The Hall–Kier alpha value is -9.12. The highest BCUT2D eigenvalue weighted by Gasteiger charge is 2.27. The third-order valence-corrected chi connectivity index (χ3v) is 16.4. The molecule has 0 radical (unpaired) electrons. The average molecular weight is 1010 g/mol. The van der Waals surface area contributed by atoms with E-state index < -0.39 is 0 Å². The van der Waals surface area contributed by atoms with Crippen molar-refractivity contribution in [3.8, 4) is 39.1 Å². The number of aromatic hydroxyl groups is 1. The van der Waals surface area contributed by atoms with E-state index in [2.05, 4.69) is 265 Å². The number of anilines is 6. The van der Waals surface area contributed by atoms with E-state index in [-0.39, 0.29) is 5.75 Å². The van der Waals surface area contributed by atoms with Gasteiger partial charge in [0.05, 0.1) is 22.7 Å². The maximum Gasteiger partial charge on any atom is 0.159 e. The van der Waals surface area contributed by atoms with Crippen LogP contribution < -0.4 is 9.80 Å². The average Bonchev–Trinajstić information content (AvgIpc) is 3.98. The minimum atomic E-state index is 0.220. The van der Waals surface area contributed by atoms with Gasteiger partial charge in [0.25, 0.3) is 0 Å². The number of furan rings is 1. The maximum atomic E-state index is 12.8. The van der Waals surface area contributed by atoms with Crippen LogP contribution in [0.3, 0.4) is 0 Å². The maximum absolute atomic E-state index is 12.8. The standard InChI is InChI=1S/C74H62N2O2/c1-44(2)50-27-35-56(36-28-50)75(66-25-13-21-58(72(66)77)54-19-11-20-55(43-54)68-46(5)15-9-16-47(68)6)64-41-33-52-32-40-62-65(42-34-53-31-39-61(64)70(52)71(53)62)76(57-37-29-51(30-38-57)45(3)4)67-26-14-23-60-59-22-12-24-63(73(59)78-74(60)67)69-48(7)17-10-18-49(69)8/h9-45,77H,1-8H3. The Balaban J connectivity index is 1.02. The number of phenols is 1. The monoisotopic (exact) mass is 1010 g/mol. The zero-order valence-corrected chi connectivity index (χ0v) is 45.6. The Labute approximate surface area is 457 Å². The zero-order valence-electron chi connectivity index (χ0n) is 45.6. The summed E-state index contributed by atoms with van der Waals surface area (Å²) in [5.41, 5.74) is 21.3. The summed E-state index contributed by atoms with van der Waals surface area (Å²) in [6.45, 7) is 17.7. The minimum Gasteiger partial charge on any atom is -0.505 e. The van der Waals surface area contributed by atoms with Gasteiger partial charge >= 0.3 is 0 Å². The fraction of sp³-hybridized carbons (Fsp3) is 0.135. The van der Waals surface area contributed by atoms with Crippen LogP contribution in [0, 0.1) is 27.7 Å². The molecule has 380 valence electrons. The van der Waals surface area contributed by atoms with Gasteiger partial charge in [-0.2, -0.15) is 0 Å². The van der Waals surface area contributed by atoms with Crippen LogP contribution in [0.2, 0.25) is 0 Å². The Morgan fingerprint density at radius 1 is 0.359 bits per heavy atom. The second-order valence-electron chi connectivity index (χ2n) is 22.0. The fourth-order valence-electron chi connectivity index (χ4n) is 12.5. The topological polar surface area (TPSA) is 39.9 Å². The molecule has 12 aromatic carbocycles. The van der Waals surface area contributed by atoms with E-state index in [1.165, 1.54) is 55.3 Å². The number of para-hydroxylation sites is 3. The number of fused-ring (bicyclic) bond motifs is 3. The molecule has 0 aliphatic heterocycles. The molecule has 0 atom stereocenters. The number of rotatable bonds is 11. The number of aryl methyl sites for hydroxylation is 4.